The number of rotatable bonds is 5. The van der Waals surface area contributed by atoms with Gasteiger partial charge in [0, 0.05) is 13.0 Å². The first-order chi connectivity index (χ1) is 7.67. The van der Waals surface area contributed by atoms with E-state index >= 15 is 0 Å². The summed E-state index contributed by atoms with van der Waals surface area (Å²) in [6.07, 6.45) is 0.457. The lowest BCUT2D eigenvalue weighted by Gasteiger charge is -2.08. The van der Waals surface area contributed by atoms with E-state index in [0.717, 1.165) is 16.9 Å². The van der Waals surface area contributed by atoms with Crippen molar-refractivity contribution in [2.75, 3.05) is 12.9 Å². The standard InChI is InChI=1S/C12H17NO2S/c1-9-7-10(3-4-11(9)15-2)8-13-12(14)5-6-16/h3-4,7,16H,5-6,8H2,1-2H3,(H,13,14). The predicted molar refractivity (Wildman–Crippen MR) is 68.0 cm³/mol. The molecule has 0 aromatic heterocycles. The number of nitrogens with one attached hydrogen (secondary N) is 1. The van der Waals surface area contributed by atoms with Crippen LogP contribution in [0.3, 0.4) is 0 Å². The molecule has 1 aromatic carbocycles. The van der Waals surface area contributed by atoms with Gasteiger partial charge < -0.3 is 10.1 Å². The quantitative estimate of drug-likeness (QED) is 0.771. The third-order valence-electron chi connectivity index (χ3n) is 2.29. The van der Waals surface area contributed by atoms with E-state index < -0.39 is 0 Å². The molecule has 0 saturated heterocycles. The molecule has 0 aliphatic heterocycles. The monoisotopic (exact) mass is 239 g/mol. The number of ether oxygens (including phenoxy) is 1. The van der Waals surface area contributed by atoms with Crippen LogP contribution in [0.2, 0.25) is 0 Å². The number of hydrogen-bond donors (Lipinski definition) is 2. The van der Waals surface area contributed by atoms with Crippen LogP contribution in [0.15, 0.2) is 18.2 Å². The number of hydrogen-bond acceptors (Lipinski definition) is 3. The number of amides is 1. The molecule has 0 atom stereocenters. The summed E-state index contributed by atoms with van der Waals surface area (Å²) in [6.45, 7) is 2.54. The molecule has 1 aromatic rings. The third kappa shape index (κ3) is 3.77. The molecule has 1 amide bonds. The van der Waals surface area contributed by atoms with E-state index in [1.807, 2.05) is 25.1 Å². The zero-order valence-electron chi connectivity index (χ0n) is 9.62. The molecule has 4 heteroatoms. The second-order valence-electron chi connectivity index (χ2n) is 3.55. The maximum absolute atomic E-state index is 11.2. The van der Waals surface area contributed by atoms with Crippen molar-refractivity contribution in [1.29, 1.82) is 0 Å². The summed E-state index contributed by atoms with van der Waals surface area (Å²) in [7, 11) is 1.65. The normalized spacial score (nSPS) is 9.94. The number of aryl methyl sites for hydroxylation is 1. The van der Waals surface area contributed by atoms with Gasteiger partial charge in [0.2, 0.25) is 5.91 Å². The Morgan fingerprint density at radius 2 is 2.25 bits per heavy atom. The topological polar surface area (TPSA) is 38.3 Å². The van der Waals surface area contributed by atoms with Crippen LogP contribution in [0, 0.1) is 6.92 Å². The minimum absolute atomic E-state index is 0.0310. The number of carbonyl (C=O) groups excluding carboxylic acids is 1. The molecule has 0 fully saturated rings. The summed E-state index contributed by atoms with van der Waals surface area (Å²) in [5.74, 6) is 1.47. The summed E-state index contributed by atoms with van der Waals surface area (Å²) in [5, 5.41) is 2.84. The molecular formula is C12H17NO2S. The van der Waals surface area contributed by atoms with Gasteiger partial charge >= 0.3 is 0 Å². The Labute approximate surface area is 102 Å². The Kier molecular flexibility index (Phi) is 5.19. The van der Waals surface area contributed by atoms with Gasteiger partial charge in [0.1, 0.15) is 5.75 Å². The number of carbonyl (C=O) groups is 1. The molecule has 0 unspecified atom stereocenters. The largest absolute Gasteiger partial charge is 0.496 e. The van der Waals surface area contributed by atoms with E-state index in [0.29, 0.717) is 18.7 Å². The van der Waals surface area contributed by atoms with Crippen molar-refractivity contribution < 1.29 is 9.53 Å². The van der Waals surface area contributed by atoms with Gasteiger partial charge in [-0.15, -0.1) is 0 Å². The van der Waals surface area contributed by atoms with Crippen LogP contribution in [-0.2, 0) is 11.3 Å². The Morgan fingerprint density at radius 3 is 2.81 bits per heavy atom. The smallest absolute Gasteiger partial charge is 0.221 e. The van der Waals surface area contributed by atoms with Crippen molar-refractivity contribution in [2.45, 2.75) is 19.9 Å². The van der Waals surface area contributed by atoms with E-state index in [-0.39, 0.29) is 5.91 Å². The second-order valence-corrected chi connectivity index (χ2v) is 4.00. The number of benzene rings is 1. The fourth-order valence-corrected chi connectivity index (χ4v) is 1.64. The first kappa shape index (κ1) is 12.9. The molecule has 0 heterocycles. The minimum Gasteiger partial charge on any atom is -0.496 e. The average molecular weight is 239 g/mol. The molecule has 0 spiro atoms. The number of methoxy groups -OCH3 is 1. The minimum atomic E-state index is 0.0310. The SMILES string of the molecule is COc1ccc(CNC(=O)CCS)cc1C. The van der Waals surface area contributed by atoms with Gasteiger partial charge in [-0.3, -0.25) is 4.79 Å². The Morgan fingerprint density at radius 1 is 1.50 bits per heavy atom. The Balaban J connectivity index is 2.55. The highest BCUT2D eigenvalue weighted by molar-refractivity contribution is 7.80. The Bertz CT molecular complexity index is 366. The summed E-state index contributed by atoms with van der Waals surface area (Å²) in [5.41, 5.74) is 2.15. The van der Waals surface area contributed by atoms with E-state index in [1.165, 1.54) is 0 Å². The van der Waals surface area contributed by atoms with Crippen molar-refractivity contribution in [2.24, 2.45) is 0 Å². The fourth-order valence-electron chi connectivity index (χ4n) is 1.44. The lowest BCUT2D eigenvalue weighted by Crippen LogP contribution is -2.22. The van der Waals surface area contributed by atoms with Crippen molar-refractivity contribution in [3.8, 4) is 5.75 Å². The summed E-state index contributed by atoms with van der Waals surface area (Å²) < 4.78 is 5.17. The van der Waals surface area contributed by atoms with Crippen LogP contribution < -0.4 is 10.1 Å². The van der Waals surface area contributed by atoms with Gasteiger partial charge in [0.25, 0.3) is 0 Å². The molecule has 0 radical (unpaired) electrons. The van der Waals surface area contributed by atoms with Crippen molar-refractivity contribution in [1.82, 2.24) is 5.32 Å². The average Bonchev–Trinajstić information content (AvgIpc) is 2.27. The van der Waals surface area contributed by atoms with Gasteiger partial charge in [0.05, 0.1) is 7.11 Å². The predicted octanol–water partition coefficient (Wildman–Crippen LogP) is 1.94. The third-order valence-corrected chi connectivity index (χ3v) is 2.51. The van der Waals surface area contributed by atoms with Crippen LogP contribution >= 0.6 is 12.6 Å². The summed E-state index contributed by atoms with van der Waals surface area (Å²) in [6, 6.07) is 5.88. The van der Waals surface area contributed by atoms with Gasteiger partial charge in [0.15, 0.2) is 0 Å². The fraction of sp³-hybridized carbons (Fsp3) is 0.417. The second kappa shape index (κ2) is 6.43. The molecule has 1 rings (SSSR count). The van der Waals surface area contributed by atoms with E-state index in [4.69, 9.17) is 4.74 Å². The van der Waals surface area contributed by atoms with E-state index in [9.17, 15) is 4.79 Å². The number of thiol groups is 1. The zero-order chi connectivity index (χ0) is 12.0. The molecule has 88 valence electrons. The van der Waals surface area contributed by atoms with E-state index in [1.54, 1.807) is 7.11 Å². The van der Waals surface area contributed by atoms with Crippen LogP contribution in [-0.4, -0.2) is 18.8 Å². The van der Waals surface area contributed by atoms with Gasteiger partial charge in [-0.1, -0.05) is 12.1 Å². The van der Waals surface area contributed by atoms with Crippen LogP contribution in [0.4, 0.5) is 0 Å². The van der Waals surface area contributed by atoms with Gasteiger partial charge in [-0.05, 0) is 29.9 Å². The first-order valence-corrected chi connectivity index (χ1v) is 5.81. The summed E-state index contributed by atoms with van der Waals surface area (Å²) in [4.78, 5) is 11.2. The molecular weight excluding hydrogens is 222 g/mol. The molecule has 3 nitrogen and oxygen atoms in total. The lowest BCUT2D eigenvalue weighted by molar-refractivity contribution is -0.120. The highest BCUT2D eigenvalue weighted by atomic mass is 32.1. The maximum atomic E-state index is 11.2. The molecule has 0 saturated carbocycles. The molecule has 0 bridgehead atoms. The molecule has 16 heavy (non-hydrogen) atoms. The molecule has 1 N–H and O–H groups in total. The van der Waals surface area contributed by atoms with Crippen molar-refractivity contribution in [3.05, 3.63) is 29.3 Å². The highest BCUT2D eigenvalue weighted by Gasteiger charge is 2.02. The lowest BCUT2D eigenvalue weighted by atomic mass is 10.1. The summed E-state index contributed by atoms with van der Waals surface area (Å²) >= 11 is 4.01. The van der Waals surface area contributed by atoms with Crippen LogP contribution in [0.1, 0.15) is 17.5 Å². The first-order valence-electron chi connectivity index (χ1n) is 5.18. The highest BCUT2D eigenvalue weighted by Crippen LogP contribution is 2.18. The van der Waals surface area contributed by atoms with Gasteiger partial charge in [-0.25, -0.2) is 0 Å². The van der Waals surface area contributed by atoms with Crippen LogP contribution in [0.5, 0.6) is 5.75 Å². The Hall–Kier alpha value is -1.16. The van der Waals surface area contributed by atoms with E-state index in [2.05, 4.69) is 17.9 Å². The van der Waals surface area contributed by atoms with Crippen LogP contribution in [0.25, 0.3) is 0 Å². The van der Waals surface area contributed by atoms with Crippen molar-refractivity contribution in [3.63, 3.8) is 0 Å². The van der Waals surface area contributed by atoms with Crippen molar-refractivity contribution >= 4 is 18.5 Å². The maximum Gasteiger partial charge on any atom is 0.221 e. The molecule has 0 aliphatic rings. The van der Waals surface area contributed by atoms with Gasteiger partial charge in [-0.2, -0.15) is 12.6 Å². The molecule has 0 aliphatic carbocycles. The zero-order valence-corrected chi connectivity index (χ0v) is 10.5.